The first-order valence-electron chi connectivity index (χ1n) is 11.4. The van der Waals surface area contributed by atoms with Crippen LogP contribution in [0.2, 0.25) is 0 Å². The predicted molar refractivity (Wildman–Crippen MR) is 126 cm³/mol. The molecule has 0 aromatic heterocycles. The largest absolute Gasteiger partial charge is 0.504 e. The Kier molecular flexibility index (Phi) is 10.7. The maximum absolute atomic E-state index is 13.9. The number of nitrogens with zero attached hydrogens (tertiary/aromatic N) is 2. The van der Waals surface area contributed by atoms with Crippen LogP contribution in [0.1, 0.15) is 45.6 Å². The zero-order chi connectivity index (χ0) is 26.0. The third kappa shape index (κ3) is 7.51. The molecule has 1 atom stereocenters. The highest BCUT2D eigenvalue weighted by atomic mass is 19.1. The number of ether oxygens (including phenoxy) is 1. The molecule has 11 heteroatoms. The molecular weight excluding hydrogens is 462 g/mol. The Hall–Kier alpha value is -3.47. The van der Waals surface area contributed by atoms with Crippen LogP contribution in [0, 0.1) is 11.6 Å². The van der Waals surface area contributed by atoms with E-state index in [0.29, 0.717) is 19.1 Å². The Labute approximate surface area is 203 Å². The van der Waals surface area contributed by atoms with Gasteiger partial charge in [0, 0.05) is 24.8 Å². The standard InChI is InChI=1S/C24H32F2N4O5/c1-4-6-7-18-21(31)22(32)19(23(33)27-11-16-8-9-17(25)10-20(16)26)12-28-29-14-30(24(18)34)15(3)13-35-5-2/h8-10,12,15,29,31-32H,4-7,11,13-14H2,1-3H3,(H,27,33)/b21-18-,22-19?,28-12?/t15-/m1/s1. The van der Waals surface area contributed by atoms with E-state index < -0.39 is 40.5 Å². The van der Waals surface area contributed by atoms with Gasteiger partial charge in [0.25, 0.3) is 11.8 Å². The average Bonchev–Trinajstić information content (AvgIpc) is 2.83. The maximum Gasteiger partial charge on any atom is 0.257 e. The van der Waals surface area contributed by atoms with Crippen LogP contribution in [-0.2, 0) is 20.9 Å². The van der Waals surface area contributed by atoms with Gasteiger partial charge in [0.15, 0.2) is 11.5 Å². The first kappa shape index (κ1) is 27.8. The summed E-state index contributed by atoms with van der Waals surface area (Å²) in [6.07, 6.45) is 2.44. The Morgan fingerprint density at radius 2 is 2.03 bits per heavy atom. The Balaban J connectivity index is 2.40. The molecule has 0 saturated heterocycles. The normalized spacial score (nSPS) is 17.9. The smallest absolute Gasteiger partial charge is 0.257 e. The Morgan fingerprint density at radius 3 is 2.69 bits per heavy atom. The molecule has 1 aromatic rings. The topological polar surface area (TPSA) is 123 Å². The van der Waals surface area contributed by atoms with E-state index in [4.69, 9.17) is 4.74 Å². The quantitative estimate of drug-likeness (QED) is 0.396. The number of nitrogens with one attached hydrogen (secondary N) is 2. The van der Waals surface area contributed by atoms with Crippen molar-refractivity contribution >= 4 is 18.0 Å². The SMILES string of the molecule is CCCC/C1=C(/O)C(O)=C(C(=O)NCc2ccc(F)cc2F)C=NNCN([C@H](C)COCC)C1=O. The molecular formula is C24H32F2N4O5. The molecule has 1 aliphatic heterocycles. The van der Waals surface area contributed by atoms with Crippen LogP contribution in [0.15, 0.2) is 46.0 Å². The van der Waals surface area contributed by atoms with Crippen molar-refractivity contribution in [1.29, 1.82) is 0 Å². The molecule has 1 heterocycles. The van der Waals surface area contributed by atoms with Gasteiger partial charge in [-0.05, 0) is 32.8 Å². The van der Waals surface area contributed by atoms with Gasteiger partial charge in [0.05, 0.1) is 24.4 Å². The van der Waals surface area contributed by atoms with Crippen molar-refractivity contribution in [3.63, 3.8) is 0 Å². The number of amides is 2. The summed E-state index contributed by atoms with van der Waals surface area (Å²) in [7, 11) is 0. The van der Waals surface area contributed by atoms with Crippen LogP contribution in [0.4, 0.5) is 8.78 Å². The van der Waals surface area contributed by atoms with Crippen LogP contribution in [0.5, 0.6) is 0 Å². The van der Waals surface area contributed by atoms with E-state index in [1.165, 1.54) is 11.0 Å². The zero-order valence-corrected chi connectivity index (χ0v) is 20.1. The maximum atomic E-state index is 13.9. The lowest BCUT2D eigenvalue weighted by Crippen LogP contribution is -2.46. The van der Waals surface area contributed by atoms with E-state index in [1.807, 2.05) is 13.8 Å². The first-order valence-corrected chi connectivity index (χ1v) is 11.4. The molecule has 0 bridgehead atoms. The molecule has 0 saturated carbocycles. The summed E-state index contributed by atoms with van der Waals surface area (Å²) in [4.78, 5) is 27.5. The summed E-state index contributed by atoms with van der Waals surface area (Å²) >= 11 is 0. The first-order chi connectivity index (χ1) is 16.7. The number of unbranched alkanes of at least 4 members (excludes halogenated alkanes) is 1. The molecule has 0 radical (unpaired) electrons. The van der Waals surface area contributed by atoms with E-state index in [9.17, 15) is 28.6 Å². The summed E-state index contributed by atoms with van der Waals surface area (Å²) in [5.41, 5.74) is 2.20. The van der Waals surface area contributed by atoms with Crippen LogP contribution >= 0.6 is 0 Å². The predicted octanol–water partition coefficient (Wildman–Crippen LogP) is 3.20. The van der Waals surface area contributed by atoms with Gasteiger partial charge in [-0.25, -0.2) is 8.78 Å². The fourth-order valence-corrected chi connectivity index (χ4v) is 3.32. The monoisotopic (exact) mass is 494 g/mol. The minimum Gasteiger partial charge on any atom is -0.504 e. The van der Waals surface area contributed by atoms with Crippen molar-refractivity contribution in [2.75, 3.05) is 19.9 Å². The number of aliphatic hydroxyl groups excluding tert-OH is 2. The van der Waals surface area contributed by atoms with Crippen molar-refractivity contribution < 1.29 is 33.3 Å². The highest BCUT2D eigenvalue weighted by Crippen LogP contribution is 2.22. The van der Waals surface area contributed by atoms with Gasteiger partial charge in [0.1, 0.15) is 23.9 Å². The second-order valence-electron chi connectivity index (χ2n) is 7.97. The summed E-state index contributed by atoms with van der Waals surface area (Å²) in [6, 6.07) is 2.55. The van der Waals surface area contributed by atoms with Crippen LogP contribution < -0.4 is 10.7 Å². The van der Waals surface area contributed by atoms with E-state index >= 15 is 0 Å². The number of benzene rings is 1. The summed E-state index contributed by atoms with van der Waals surface area (Å²) < 4.78 is 32.4. The molecule has 1 aliphatic rings. The van der Waals surface area contributed by atoms with Gasteiger partial charge < -0.3 is 25.2 Å². The molecule has 0 fully saturated rings. The Bertz CT molecular complexity index is 1010. The van der Waals surface area contributed by atoms with E-state index in [0.717, 1.165) is 18.7 Å². The molecule has 9 nitrogen and oxygen atoms in total. The zero-order valence-electron chi connectivity index (χ0n) is 20.1. The molecule has 0 spiro atoms. The fourth-order valence-electron chi connectivity index (χ4n) is 3.32. The minimum absolute atomic E-state index is 0.0206. The van der Waals surface area contributed by atoms with E-state index in [-0.39, 0.29) is 43.4 Å². The van der Waals surface area contributed by atoms with Crippen molar-refractivity contribution in [1.82, 2.24) is 15.6 Å². The number of carbonyl (C=O) groups is 2. The van der Waals surface area contributed by atoms with Gasteiger partial charge in [-0.2, -0.15) is 5.10 Å². The number of aliphatic hydroxyl groups is 2. The van der Waals surface area contributed by atoms with Gasteiger partial charge in [-0.1, -0.05) is 19.4 Å². The fraction of sp³-hybridized carbons (Fsp3) is 0.458. The molecule has 192 valence electrons. The van der Waals surface area contributed by atoms with Crippen LogP contribution in [0.25, 0.3) is 0 Å². The third-order valence-electron chi connectivity index (χ3n) is 5.38. The highest BCUT2D eigenvalue weighted by Gasteiger charge is 2.29. The number of halogens is 2. The lowest BCUT2D eigenvalue weighted by atomic mass is 10.0. The van der Waals surface area contributed by atoms with Gasteiger partial charge >= 0.3 is 0 Å². The molecule has 0 unspecified atom stereocenters. The number of carbonyl (C=O) groups excluding carboxylic acids is 2. The number of hydrazone groups is 1. The second-order valence-corrected chi connectivity index (χ2v) is 7.97. The van der Waals surface area contributed by atoms with Crippen molar-refractivity contribution in [2.24, 2.45) is 5.10 Å². The lowest BCUT2D eigenvalue weighted by molar-refractivity contribution is -0.131. The number of hydrogen-bond donors (Lipinski definition) is 4. The van der Waals surface area contributed by atoms with Gasteiger partial charge in [-0.3, -0.25) is 15.0 Å². The van der Waals surface area contributed by atoms with Gasteiger partial charge in [0.2, 0.25) is 0 Å². The van der Waals surface area contributed by atoms with Crippen LogP contribution in [-0.4, -0.2) is 59.1 Å². The minimum atomic E-state index is -0.882. The molecule has 2 amide bonds. The molecule has 0 aliphatic carbocycles. The molecule has 1 aromatic carbocycles. The summed E-state index contributed by atoms with van der Waals surface area (Å²) in [5.74, 6) is -4.59. The van der Waals surface area contributed by atoms with E-state index in [1.54, 1.807) is 6.92 Å². The number of rotatable bonds is 10. The van der Waals surface area contributed by atoms with E-state index in [2.05, 4.69) is 15.8 Å². The van der Waals surface area contributed by atoms with Crippen molar-refractivity contribution in [2.45, 2.75) is 52.6 Å². The summed E-state index contributed by atoms with van der Waals surface area (Å²) in [5, 5.41) is 27.9. The molecule has 35 heavy (non-hydrogen) atoms. The third-order valence-corrected chi connectivity index (χ3v) is 5.38. The van der Waals surface area contributed by atoms with Gasteiger partial charge in [-0.15, -0.1) is 0 Å². The lowest BCUT2D eigenvalue weighted by Gasteiger charge is -2.30. The molecule has 2 rings (SSSR count). The highest BCUT2D eigenvalue weighted by molar-refractivity contribution is 6.13. The summed E-state index contributed by atoms with van der Waals surface area (Å²) in [6.45, 7) is 5.90. The average molecular weight is 495 g/mol. The molecule has 4 N–H and O–H groups in total. The second kappa shape index (κ2) is 13.4. The van der Waals surface area contributed by atoms with Crippen molar-refractivity contribution in [3.8, 4) is 0 Å². The number of hydrogen-bond acceptors (Lipinski definition) is 7. The van der Waals surface area contributed by atoms with Crippen LogP contribution in [0.3, 0.4) is 0 Å². The van der Waals surface area contributed by atoms with Crippen molar-refractivity contribution in [3.05, 3.63) is 58.1 Å². The Morgan fingerprint density at radius 1 is 1.29 bits per heavy atom.